The zero-order valence-corrected chi connectivity index (χ0v) is 17.0. The largest absolute Gasteiger partial charge is 1.00 e. The number of halogens is 2. The molecule has 0 saturated heterocycles. The van der Waals surface area contributed by atoms with Crippen LogP contribution >= 0.6 is 39.7 Å². The van der Waals surface area contributed by atoms with E-state index in [-0.39, 0.29) is 93.0 Å². The molecule has 6 nitrogen and oxygen atoms in total. The van der Waals surface area contributed by atoms with Gasteiger partial charge in [-0.25, -0.2) is 0 Å². The van der Waals surface area contributed by atoms with Crippen LogP contribution in [0.25, 0.3) is 0 Å². The maximum absolute atomic E-state index is 9.90. The zero-order valence-electron chi connectivity index (χ0n) is 10.7. The fraction of sp³-hybridized carbons (Fsp3) is 1.00. The van der Waals surface area contributed by atoms with E-state index >= 15 is 0 Å². The van der Waals surface area contributed by atoms with E-state index in [0.29, 0.717) is 0 Å². The van der Waals surface area contributed by atoms with Crippen molar-refractivity contribution in [3.05, 3.63) is 0 Å². The van der Waals surface area contributed by atoms with Crippen LogP contribution in [0, 0.1) is 0 Å². The van der Waals surface area contributed by atoms with Crippen molar-refractivity contribution < 1.29 is 121 Å². The summed E-state index contributed by atoms with van der Waals surface area (Å²) in [6, 6.07) is 0. The number of hydrogen-bond donors (Lipinski definition) is 2. The van der Waals surface area contributed by atoms with Gasteiger partial charge in [0.05, 0.1) is 0 Å². The first-order valence-electron chi connectivity index (χ1n) is 1.92. The van der Waals surface area contributed by atoms with Crippen LogP contribution in [0.3, 0.4) is 0 Å². The molecule has 2 unspecified atom stereocenters. The second-order valence-electron chi connectivity index (χ2n) is 1.12. The molecule has 0 heterocycles. The van der Waals surface area contributed by atoms with Crippen LogP contribution in [0.4, 0.5) is 0 Å². The fourth-order valence-electron chi connectivity index (χ4n) is 0.198. The molecule has 0 aromatic rings. The van der Waals surface area contributed by atoms with Crippen LogP contribution in [0.1, 0.15) is 4.28 Å². The second-order valence-corrected chi connectivity index (χ2v) is 3.63. The molecule has 0 saturated carbocycles. The molecule has 0 rings (SSSR count). The average Bonchev–Trinajstić information content (AvgIpc) is 1.53. The van der Waals surface area contributed by atoms with E-state index < -0.39 is 21.2 Å². The molecule has 0 aliphatic carbocycles. The molecule has 14 heavy (non-hydrogen) atoms. The zero-order chi connectivity index (χ0) is 9.07. The maximum atomic E-state index is 9.90. The van der Waals surface area contributed by atoms with E-state index in [4.69, 9.17) is 33.0 Å². The summed E-state index contributed by atoms with van der Waals surface area (Å²) in [5.74, 6) is 0. The van der Waals surface area contributed by atoms with Gasteiger partial charge < -0.3 is 4.28 Å². The Balaban J connectivity index is -0.0000000333. The predicted octanol–water partition coefficient (Wildman–Crippen LogP) is -7.24. The molecule has 0 aliphatic heterocycles. The van der Waals surface area contributed by atoms with E-state index in [1.165, 1.54) is 0 Å². The van der Waals surface area contributed by atoms with Gasteiger partial charge >= 0.3 is 110 Å². The van der Waals surface area contributed by atoms with Crippen LogP contribution < -0.4 is 88.7 Å². The third kappa shape index (κ3) is 18.0. The van der Waals surface area contributed by atoms with Crippen molar-refractivity contribution in [2.45, 2.75) is 4.71 Å². The van der Waals surface area contributed by atoms with Crippen molar-refractivity contribution in [1.82, 2.24) is 0 Å². The fourth-order valence-corrected chi connectivity index (χ4v) is 1.40. The Bertz CT molecular complexity index is 183. The molecule has 2 atom stereocenters. The molecule has 0 bridgehead atoms. The molecule has 0 fully saturated rings. The van der Waals surface area contributed by atoms with Gasteiger partial charge in [0.2, 0.25) is 0 Å². The Labute approximate surface area is 163 Å². The van der Waals surface area contributed by atoms with E-state index in [1.54, 1.807) is 0 Å². The summed E-state index contributed by atoms with van der Waals surface area (Å²) in [5, 5.41) is 0. The van der Waals surface area contributed by atoms with Gasteiger partial charge in [-0.15, -0.1) is 9.79 Å². The molecule has 0 amide bonds. The van der Waals surface area contributed by atoms with Gasteiger partial charge in [-0.2, -0.15) is 0 Å². The molecule has 0 spiro atoms. The first kappa shape index (κ1) is 26.2. The Morgan fingerprint density at radius 3 is 1.36 bits per heavy atom. The predicted molar refractivity (Wildman–Crippen MR) is 39.6 cm³/mol. The van der Waals surface area contributed by atoms with Crippen molar-refractivity contribution in [2.24, 2.45) is 0 Å². The van der Waals surface area contributed by atoms with E-state index in [9.17, 15) is 9.13 Å². The summed E-state index contributed by atoms with van der Waals surface area (Å²) in [7, 11) is -6.20. The maximum Gasteiger partial charge on any atom is 1.00 e. The van der Waals surface area contributed by atoms with Crippen LogP contribution in [0.15, 0.2) is 0 Å². The molecule has 13 heteroatoms. The van der Waals surface area contributed by atoms with Crippen LogP contribution in [-0.4, -0.2) is 14.5 Å². The third-order valence-corrected chi connectivity index (χ3v) is 1.93. The van der Waals surface area contributed by atoms with Crippen LogP contribution in [-0.2, 0) is 18.2 Å². The molecule has 70 valence electrons. The topological polar surface area (TPSA) is 93.1 Å². The standard InChI is InChI=1S/CCl2O6P2.3Na.3H/c2-1(3,8-10(4)5)9-11(6)7;;;;;;/q;3*+1;3*-1/p+2. The van der Waals surface area contributed by atoms with Crippen molar-refractivity contribution >= 4 is 39.7 Å². The van der Waals surface area contributed by atoms with Gasteiger partial charge in [0, 0.05) is 9.13 Å². The Morgan fingerprint density at radius 2 is 1.21 bits per heavy atom. The van der Waals surface area contributed by atoms with Gasteiger partial charge in [-0.1, -0.05) is 0 Å². The van der Waals surface area contributed by atoms with Gasteiger partial charge in [0.25, 0.3) is 0 Å². The summed E-state index contributed by atoms with van der Waals surface area (Å²) < 4.78 is 24.8. The molecule has 0 aliphatic rings. The average molecular weight is 315 g/mol. The van der Waals surface area contributed by atoms with E-state index in [0.717, 1.165) is 0 Å². The van der Waals surface area contributed by atoms with Crippen molar-refractivity contribution in [3.63, 3.8) is 0 Å². The minimum Gasteiger partial charge on any atom is -1.00 e. The van der Waals surface area contributed by atoms with Crippen LogP contribution in [0.2, 0.25) is 0 Å². The number of hydrogen-bond acceptors (Lipinski definition) is 4. The smallest absolute Gasteiger partial charge is 1.00 e. The summed E-state index contributed by atoms with van der Waals surface area (Å²) in [6.45, 7) is 0. The summed E-state index contributed by atoms with van der Waals surface area (Å²) in [4.78, 5) is 16.1. The van der Waals surface area contributed by atoms with Gasteiger partial charge in [-0.3, -0.25) is 0 Å². The first-order chi connectivity index (χ1) is 4.83. The minimum atomic E-state index is -3.10. The Morgan fingerprint density at radius 1 is 1.00 bits per heavy atom. The van der Waals surface area contributed by atoms with Crippen LogP contribution in [0.5, 0.6) is 0 Å². The normalized spacial score (nSPS) is 11.4. The van der Waals surface area contributed by atoms with E-state index in [2.05, 4.69) is 9.05 Å². The van der Waals surface area contributed by atoms with Crippen molar-refractivity contribution in [3.8, 4) is 0 Å². The molecular weight excluding hydrogens is 310 g/mol. The quantitative estimate of drug-likeness (QED) is 0.232. The number of alkyl halides is 2. The van der Waals surface area contributed by atoms with Gasteiger partial charge in [-0.05, 0) is 32.2 Å². The van der Waals surface area contributed by atoms with Gasteiger partial charge in [0.15, 0.2) is 0 Å². The third-order valence-electron chi connectivity index (χ3n) is 0.369. The minimum absolute atomic E-state index is 0. The molecule has 0 aromatic heterocycles. The van der Waals surface area contributed by atoms with Gasteiger partial charge in [0.1, 0.15) is 0 Å². The summed E-state index contributed by atoms with van der Waals surface area (Å²) in [6.07, 6.45) is 0. The Hall–Kier alpha value is 3.62. The monoisotopic (exact) mass is 314 g/mol. The summed E-state index contributed by atoms with van der Waals surface area (Å²) >= 11 is 9.92. The molecule has 2 N–H and O–H groups in total. The molecular formula is CH5Cl2Na3O6P2+2. The summed E-state index contributed by atoms with van der Waals surface area (Å²) in [5.41, 5.74) is 0. The first-order valence-corrected chi connectivity index (χ1v) is 4.93. The second kappa shape index (κ2) is 13.1. The molecule has 0 aromatic carbocycles. The van der Waals surface area contributed by atoms with Crippen molar-refractivity contribution in [2.75, 3.05) is 0 Å². The van der Waals surface area contributed by atoms with Crippen molar-refractivity contribution in [1.29, 1.82) is 0 Å². The number of rotatable bonds is 4. The molecule has 0 radical (unpaired) electrons. The van der Waals surface area contributed by atoms with E-state index in [1.807, 2.05) is 0 Å². The SMILES string of the molecule is O=[P+](O)OC(Cl)(Cl)O[P+](=O)O.[H-].[H-].[H-].[Na+].[Na+].[Na+]. The Kier molecular flexibility index (Phi) is 24.5.